The molecule has 0 aliphatic heterocycles. The summed E-state index contributed by atoms with van der Waals surface area (Å²) >= 11 is 3.20. The van der Waals surface area contributed by atoms with Gasteiger partial charge in [0.15, 0.2) is 0 Å². The predicted octanol–water partition coefficient (Wildman–Crippen LogP) is 3.09. The molecule has 2 aromatic rings. The molecule has 0 bridgehead atoms. The summed E-state index contributed by atoms with van der Waals surface area (Å²) < 4.78 is 3.86. The Morgan fingerprint density at radius 1 is 1.44 bits per heavy atom. The van der Waals surface area contributed by atoms with Crippen LogP contribution in [0.15, 0.2) is 22.9 Å². The number of nitrogens with zero attached hydrogens (tertiary/aromatic N) is 2. The van der Waals surface area contributed by atoms with Crippen LogP contribution in [0.1, 0.15) is 30.5 Å². The standard InChI is InChI=1S/C11H15N3S2/c1-8(2)11(10-4-3-5-15-10)12-6-9-7-16-14-13-9/h3-5,7-8,11-12H,6H2,1-2H3. The molecule has 0 aliphatic rings. The van der Waals surface area contributed by atoms with Gasteiger partial charge in [0.05, 0.1) is 5.69 Å². The second-order valence-electron chi connectivity index (χ2n) is 4.01. The molecule has 1 unspecified atom stereocenters. The highest BCUT2D eigenvalue weighted by atomic mass is 32.1. The average molecular weight is 253 g/mol. The molecule has 1 N–H and O–H groups in total. The molecule has 3 nitrogen and oxygen atoms in total. The lowest BCUT2D eigenvalue weighted by atomic mass is 10.0. The molecular formula is C11H15N3S2. The van der Waals surface area contributed by atoms with E-state index in [9.17, 15) is 0 Å². The van der Waals surface area contributed by atoms with E-state index in [-0.39, 0.29) is 0 Å². The first-order valence-corrected chi connectivity index (χ1v) is 7.01. The molecule has 1 atom stereocenters. The summed E-state index contributed by atoms with van der Waals surface area (Å²) in [6.45, 7) is 5.25. The number of hydrogen-bond acceptors (Lipinski definition) is 5. The Morgan fingerprint density at radius 3 is 2.88 bits per heavy atom. The summed E-state index contributed by atoms with van der Waals surface area (Å²) in [6, 6.07) is 4.69. The van der Waals surface area contributed by atoms with Crippen molar-refractivity contribution in [1.29, 1.82) is 0 Å². The summed E-state index contributed by atoms with van der Waals surface area (Å²) in [5, 5.41) is 11.7. The zero-order valence-electron chi connectivity index (χ0n) is 9.38. The quantitative estimate of drug-likeness (QED) is 0.890. The fourth-order valence-corrected chi connectivity index (χ4v) is 3.03. The molecule has 86 valence electrons. The third-order valence-electron chi connectivity index (χ3n) is 2.42. The van der Waals surface area contributed by atoms with Gasteiger partial charge in [-0.05, 0) is 28.9 Å². The first-order valence-electron chi connectivity index (χ1n) is 5.30. The summed E-state index contributed by atoms with van der Waals surface area (Å²) in [4.78, 5) is 1.39. The van der Waals surface area contributed by atoms with Gasteiger partial charge in [-0.2, -0.15) is 0 Å². The van der Waals surface area contributed by atoms with E-state index < -0.39 is 0 Å². The van der Waals surface area contributed by atoms with Gasteiger partial charge in [-0.3, -0.25) is 0 Å². The van der Waals surface area contributed by atoms with Crippen LogP contribution in [-0.2, 0) is 6.54 Å². The van der Waals surface area contributed by atoms with E-state index in [1.165, 1.54) is 16.4 Å². The van der Waals surface area contributed by atoms with Crippen molar-refractivity contribution >= 4 is 22.9 Å². The zero-order valence-corrected chi connectivity index (χ0v) is 11.0. The Morgan fingerprint density at radius 2 is 2.31 bits per heavy atom. The van der Waals surface area contributed by atoms with E-state index in [1.807, 2.05) is 5.38 Å². The number of nitrogens with one attached hydrogen (secondary N) is 1. The van der Waals surface area contributed by atoms with Crippen molar-refractivity contribution in [3.63, 3.8) is 0 Å². The van der Waals surface area contributed by atoms with Crippen molar-refractivity contribution in [3.05, 3.63) is 33.5 Å². The van der Waals surface area contributed by atoms with Gasteiger partial charge in [0.25, 0.3) is 0 Å². The minimum Gasteiger partial charge on any atom is -0.303 e. The molecule has 0 aliphatic carbocycles. The van der Waals surface area contributed by atoms with Crippen LogP contribution in [0, 0.1) is 5.92 Å². The third kappa shape index (κ3) is 2.87. The SMILES string of the molecule is CC(C)C(NCc1csnn1)c1cccs1. The fourth-order valence-electron chi connectivity index (χ4n) is 1.61. The lowest BCUT2D eigenvalue weighted by molar-refractivity contribution is 0.414. The van der Waals surface area contributed by atoms with Crippen LogP contribution in [0.5, 0.6) is 0 Å². The highest BCUT2D eigenvalue weighted by Crippen LogP contribution is 2.25. The summed E-state index contributed by atoms with van der Waals surface area (Å²) in [5.74, 6) is 0.574. The fraction of sp³-hybridized carbons (Fsp3) is 0.455. The summed E-state index contributed by atoms with van der Waals surface area (Å²) in [7, 11) is 0. The van der Waals surface area contributed by atoms with Crippen LogP contribution in [0.25, 0.3) is 0 Å². The maximum Gasteiger partial charge on any atom is 0.0893 e. The van der Waals surface area contributed by atoms with E-state index in [4.69, 9.17) is 0 Å². The Labute approximate surface area is 104 Å². The molecule has 16 heavy (non-hydrogen) atoms. The molecule has 0 saturated carbocycles. The monoisotopic (exact) mass is 253 g/mol. The zero-order chi connectivity index (χ0) is 11.4. The number of hydrogen-bond donors (Lipinski definition) is 1. The Kier molecular flexibility index (Phi) is 4.04. The van der Waals surface area contributed by atoms with E-state index in [0.717, 1.165) is 12.2 Å². The third-order valence-corrected chi connectivity index (χ3v) is 3.93. The van der Waals surface area contributed by atoms with Crippen molar-refractivity contribution in [2.45, 2.75) is 26.4 Å². The van der Waals surface area contributed by atoms with Crippen LogP contribution in [0.2, 0.25) is 0 Å². The van der Waals surface area contributed by atoms with Crippen LogP contribution >= 0.6 is 22.9 Å². The summed E-state index contributed by atoms with van der Waals surface area (Å²) in [6.07, 6.45) is 0. The number of rotatable bonds is 5. The van der Waals surface area contributed by atoms with Crippen molar-refractivity contribution in [2.75, 3.05) is 0 Å². The molecule has 0 radical (unpaired) electrons. The van der Waals surface area contributed by atoms with Crippen LogP contribution < -0.4 is 5.32 Å². The second kappa shape index (κ2) is 5.52. The van der Waals surface area contributed by atoms with Gasteiger partial charge in [0.1, 0.15) is 0 Å². The van der Waals surface area contributed by atoms with Crippen LogP contribution in [-0.4, -0.2) is 9.59 Å². The molecule has 2 heterocycles. The normalized spacial score (nSPS) is 13.2. The highest BCUT2D eigenvalue weighted by Gasteiger charge is 2.16. The van der Waals surface area contributed by atoms with E-state index in [0.29, 0.717) is 12.0 Å². The smallest absolute Gasteiger partial charge is 0.0893 e. The Hall–Kier alpha value is -0.780. The largest absolute Gasteiger partial charge is 0.303 e. The van der Waals surface area contributed by atoms with Gasteiger partial charge in [0, 0.05) is 22.8 Å². The lowest BCUT2D eigenvalue weighted by Crippen LogP contribution is -2.24. The van der Waals surface area contributed by atoms with Crippen molar-refractivity contribution in [1.82, 2.24) is 14.9 Å². The van der Waals surface area contributed by atoms with E-state index in [1.54, 1.807) is 11.3 Å². The molecular weight excluding hydrogens is 238 g/mol. The van der Waals surface area contributed by atoms with E-state index in [2.05, 4.69) is 46.3 Å². The predicted molar refractivity (Wildman–Crippen MR) is 68.6 cm³/mol. The first kappa shape index (κ1) is 11.7. The highest BCUT2D eigenvalue weighted by molar-refractivity contribution is 7.10. The molecule has 0 aromatic carbocycles. The molecule has 0 fully saturated rings. The topological polar surface area (TPSA) is 37.8 Å². The molecule has 2 rings (SSSR count). The van der Waals surface area contributed by atoms with Gasteiger partial charge in [-0.1, -0.05) is 24.4 Å². The molecule has 0 saturated heterocycles. The van der Waals surface area contributed by atoms with Crippen LogP contribution in [0.3, 0.4) is 0 Å². The molecule has 0 spiro atoms. The van der Waals surface area contributed by atoms with Crippen LogP contribution in [0.4, 0.5) is 0 Å². The van der Waals surface area contributed by atoms with Gasteiger partial charge in [-0.15, -0.1) is 16.4 Å². The number of aromatic nitrogens is 2. The van der Waals surface area contributed by atoms with Gasteiger partial charge in [-0.25, -0.2) is 0 Å². The van der Waals surface area contributed by atoms with Gasteiger partial charge in [0.2, 0.25) is 0 Å². The molecule has 2 aromatic heterocycles. The minimum atomic E-state index is 0.404. The summed E-state index contributed by atoms with van der Waals surface area (Å²) in [5.41, 5.74) is 1.02. The van der Waals surface area contributed by atoms with Gasteiger partial charge < -0.3 is 5.32 Å². The van der Waals surface area contributed by atoms with Crippen molar-refractivity contribution in [3.8, 4) is 0 Å². The maximum atomic E-state index is 4.04. The molecule has 5 heteroatoms. The lowest BCUT2D eigenvalue weighted by Gasteiger charge is -2.20. The molecule has 0 amide bonds. The Bertz CT molecular complexity index is 395. The Balaban J connectivity index is 1.99. The van der Waals surface area contributed by atoms with Crippen molar-refractivity contribution < 1.29 is 0 Å². The first-order chi connectivity index (χ1) is 7.77. The van der Waals surface area contributed by atoms with E-state index >= 15 is 0 Å². The van der Waals surface area contributed by atoms with Crippen molar-refractivity contribution in [2.24, 2.45) is 5.92 Å². The number of thiophene rings is 1. The second-order valence-corrected chi connectivity index (χ2v) is 5.60. The minimum absolute atomic E-state index is 0.404. The maximum absolute atomic E-state index is 4.04. The average Bonchev–Trinajstić information content (AvgIpc) is 2.88. The van der Waals surface area contributed by atoms with Gasteiger partial charge >= 0.3 is 0 Å².